The van der Waals surface area contributed by atoms with E-state index >= 15 is 0 Å². The van der Waals surface area contributed by atoms with Gasteiger partial charge >= 0.3 is 0 Å². The Bertz CT molecular complexity index is 3080. The van der Waals surface area contributed by atoms with Crippen LogP contribution in [0.5, 0.6) is 0 Å². The van der Waals surface area contributed by atoms with Crippen molar-refractivity contribution in [1.29, 1.82) is 0 Å². The van der Waals surface area contributed by atoms with E-state index in [2.05, 4.69) is 170 Å². The van der Waals surface area contributed by atoms with E-state index in [1.807, 2.05) is 22.7 Å². The van der Waals surface area contributed by atoms with Gasteiger partial charge in [0.15, 0.2) is 0 Å². The molecular formula is C48H28S2. The van der Waals surface area contributed by atoms with Gasteiger partial charge in [-0.25, -0.2) is 0 Å². The molecule has 0 aliphatic heterocycles. The lowest BCUT2D eigenvalue weighted by Gasteiger charge is -2.18. The second-order valence-corrected chi connectivity index (χ2v) is 15.3. The summed E-state index contributed by atoms with van der Waals surface area (Å²) in [6.45, 7) is 0. The maximum atomic E-state index is 2.44. The summed E-state index contributed by atoms with van der Waals surface area (Å²) in [6, 6.07) is 63.0. The molecule has 0 unspecified atom stereocenters. The molecule has 0 aliphatic rings. The highest BCUT2D eigenvalue weighted by atomic mass is 32.1. The summed E-state index contributed by atoms with van der Waals surface area (Å²) in [5, 5.41) is 13.1. The molecule has 50 heavy (non-hydrogen) atoms. The number of hydrogen-bond acceptors (Lipinski definition) is 2. The number of fused-ring (bicyclic) bond motifs is 10. The number of rotatable bonds is 3. The highest BCUT2D eigenvalue weighted by Gasteiger charge is 2.19. The summed E-state index contributed by atoms with van der Waals surface area (Å²) < 4.78 is 5.49. The summed E-state index contributed by atoms with van der Waals surface area (Å²) in [6.07, 6.45) is 0. The van der Waals surface area contributed by atoms with Crippen molar-refractivity contribution < 1.29 is 0 Å². The van der Waals surface area contributed by atoms with Crippen molar-refractivity contribution in [3.05, 3.63) is 170 Å². The first kappa shape index (κ1) is 28.1. The average Bonchev–Trinajstić information content (AvgIpc) is 3.75. The highest BCUT2D eigenvalue weighted by molar-refractivity contribution is 7.33. The molecule has 0 aliphatic carbocycles. The average molecular weight is 669 g/mol. The normalized spacial score (nSPS) is 12.0. The van der Waals surface area contributed by atoms with E-state index < -0.39 is 0 Å². The molecule has 9 aromatic carbocycles. The highest BCUT2D eigenvalue weighted by Crippen LogP contribution is 2.48. The molecule has 0 spiro atoms. The Labute approximate surface area is 297 Å². The molecule has 0 saturated carbocycles. The monoisotopic (exact) mass is 668 g/mol. The lowest BCUT2D eigenvalue weighted by atomic mass is 9.85. The van der Waals surface area contributed by atoms with Crippen molar-refractivity contribution in [3.63, 3.8) is 0 Å². The maximum absolute atomic E-state index is 2.44. The van der Waals surface area contributed by atoms with Gasteiger partial charge < -0.3 is 0 Å². The first-order chi connectivity index (χ1) is 24.8. The van der Waals surface area contributed by atoms with Crippen LogP contribution in [0.25, 0.3) is 106 Å². The molecule has 0 amide bonds. The van der Waals surface area contributed by atoms with Gasteiger partial charge in [0.05, 0.1) is 9.40 Å². The topological polar surface area (TPSA) is 0 Å². The van der Waals surface area contributed by atoms with Crippen molar-refractivity contribution in [2.45, 2.75) is 0 Å². The fourth-order valence-electron chi connectivity index (χ4n) is 8.13. The van der Waals surface area contributed by atoms with Crippen LogP contribution in [0.1, 0.15) is 0 Å². The van der Waals surface area contributed by atoms with Gasteiger partial charge in [-0.1, -0.05) is 146 Å². The van der Waals surface area contributed by atoms with Gasteiger partial charge in [-0.3, -0.25) is 0 Å². The molecule has 0 nitrogen and oxygen atoms in total. The van der Waals surface area contributed by atoms with E-state index in [0.717, 1.165) is 0 Å². The van der Waals surface area contributed by atoms with E-state index in [9.17, 15) is 0 Å². The van der Waals surface area contributed by atoms with Crippen LogP contribution in [0.2, 0.25) is 0 Å². The van der Waals surface area contributed by atoms with Crippen LogP contribution in [0, 0.1) is 0 Å². The summed E-state index contributed by atoms with van der Waals surface area (Å²) in [5.74, 6) is 0. The molecule has 0 atom stereocenters. The van der Waals surface area contributed by atoms with Crippen LogP contribution in [0.15, 0.2) is 170 Å². The molecule has 2 heterocycles. The van der Waals surface area contributed by atoms with Crippen molar-refractivity contribution in [2.75, 3.05) is 0 Å². The van der Waals surface area contributed by atoms with E-state index in [4.69, 9.17) is 0 Å². The minimum atomic E-state index is 1.24. The van der Waals surface area contributed by atoms with Crippen molar-refractivity contribution >= 4 is 95.3 Å². The molecule has 232 valence electrons. The predicted octanol–water partition coefficient (Wildman–Crippen LogP) is 14.9. The van der Waals surface area contributed by atoms with Crippen molar-refractivity contribution in [3.8, 4) is 33.4 Å². The summed E-state index contributed by atoms with van der Waals surface area (Å²) >= 11 is 3.86. The molecule has 11 aromatic rings. The first-order valence-electron chi connectivity index (χ1n) is 17.1. The molecule has 0 fully saturated rings. The van der Waals surface area contributed by atoms with E-state index in [1.54, 1.807) is 0 Å². The second kappa shape index (κ2) is 10.9. The maximum Gasteiger partial charge on any atom is 0.0534 e. The van der Waals surface area contributed by atoms with Crippen LogP contribution >= 0.6 is 22.7 Å². The quantitative estimate of drug-likeness (QED) is 0.164. The van der Waals surface area contributed by atoms with Gasteiger partial charge in [0.1, 0.15) is 0 Å². The Morgan fingerprint density at radius 1 is 0.260 bits per heavy atom. The van der Waals surface area contributed by atoms with Crippen LogP contribution in [0.4, 0.5) is 0 Å². The lowest BCUT2D eigenvalue weighted by Crippen LogP contribution is -1.91. The molecule has 2 heteroatoms. The van der Waals surface area contributed by atoms with E-state index in [1.165, 1.54) is 106 Å². The Balaban J connectivity index is 1.12. The zero-order chi connectivity index (χ0) is 32.8. The van der Waals surface area contributed by atoms with Gasteiger partial charge in [-0.15, -0.1) is 22.7 Å². The first-order valence-corrected chi connectivity index (χ1v) is 18.7. The predicted molar refractivity (Wildman–Crippen MR) is 221 cm³/mol. The van der Waals surface area contributed by atoms with Crippen LogP contribution in [-0.4, -0.2) is 0 Å². The molecule has 11 rings (SSSR count). The van der Waals surface area contributed by atoms with Gasteiger partial charge in [-0.05, 0) is 90.0 Å². The third kappa shape index (κ3) is 4.16. The van der Waals surface area contributed by atoms with Gasteiger partial charge in [-0.2, -0.15) is 0 Å². The van der Waals surface area contributed by atoms with Gasteiger partial charge in [0, 0.05) is 30.9 Å². The SMILES string of the molecule is c1ccc(-c2ccc3cc(-c4c5ccccc5c(-c5ccc6c(c5)sc5c6ccc6c7ccccc7sc65)c5ccccc45)ccc3c2)cc1. The van der Waals surface area contributed by atoms with Crippen LogP contribution in [-0.2, 0) is 0 Å². The zero-order valence-corrected chi connectivity index (χ0v) is 28.6. The minimum Gasteiger partial charge on any atom is -0.134 e. The lowest BCUT2D eigenvalue weighted by molar-refractivity contribution is 1.64. The standard InChI is InChI=1S/C48H28S2/c1-2-10-29(11-3-1)30-18-19-32-27-33(21-20-31(32)26-30)45-37-13-4-6-15-39(37)46(40-16-7-5-14-38(40)45)34-22-23-36-42-25-24-41-35-12-8-9-17-43(35)49-47(41)48(42)50-44(36)28-34/h1-28H. The molecule has 0 N–H and O–H groups in total. The molecule has 0 bridgehead atoms. The fourth-order valence-corrected chi connectivity index (χ4v) is 10.7. The van der Waals surface area contributed by atoms with Crippen LogP contribution in [0.3, 0.4) is 0 Å². The molecule has 0 saturated heterocycles. The third-order valence-corrected chi connectivity index (χ3v) is 13.0. The molecule has 0 radical (unpaired) electrons. The van der Waals surface area contributed by atoms with Gasteiger partial charge in [0.2, 0.25) is 0 Å². The summed E-state index contributed by atoms with van der Waals surface area (Å²) in [7, 11) is 0. The fraction of sp³-hybridized carbons (Fsp3) is 0. The Kier molecular flexibility index (Phi) is 6.09. The van der Waals surface area contributed by atoms with E-state index in [0.29, 0.717) is 0 Å². The summed E-state index contributed by atoms with van der Waals surface area (Å²) in [4.78, 5) is 0. The Hall–Kier alpha value is -5.80. The molecule has 2 aromatic heterocycles. The third-order valence-electron chi connectivity index (χ3n) is 10.4. The summed E-state index contributed by atoms with van der Waals surface area (Å²) in [5.41, 5.74) is 7.60. The largest absolute Gasteiger partial charge is 0.134 e. The molecular weight excluding hydrogens is 641 g/mol. The Morgan fingerprint density at radius 3 is 1.34 bits per heavy atom. The number of thiophene rings is 2. The van der Waals surface area contributed by atoms with Gasteiger partial charge in [0.25, 0.3) is 0 Å². The smallest absolute Gasteiger partial charge is 0.0534 e. The van der Waals surface area contributed by atoms with Crippen LogP contribution < -0.4 is 0 Å². The zero-order valence-electron chi connectivity index (χ0n) is 27.0. The van der Waals surface area contributed by atoms with Crippen molar-refractivity contribution in [2.24, 2.45) is 0 Å². The van der Waals surface area contributed by atoms with E-state index in [-0.39, 0.29) is 0 Å². The number of hydrogen-bond donors (Lipinski definition) is 0. The number of benzene rings is 9. The second-order valence-electron chi connectivity index (χ2n) is 13.2. The Morgan fingerprint density at radius 2 is 0.700 bits per heavy atom. The minimum absolute atomic E-state index is 1.24. The van der Waals surface area contributed by atoms with Crippen molar-refractivity contribution in [1.82, 2.24) is 0 Å².